The summed E-state index contributed by atoms with van der Waals surface area (Å²) in [5.41, 5.74) is -0.238. The maximum atomic E-state index is 11.9. The minimum Gasteiger partial charge on any atom is -0.342 e. The molecule has 1 saturated carbocycles. The summed E-state index contributed by atoms with van der Waals surface area (Å²) < 4.78 is 0. The first-order valence-electron chi connectivity index (χ1n) is 5.11. The topological polar surface area (TPSA) is 20.3 Å². The second kappa shape index (κ2) is 3.32. The van der Waals surface area contributed by atoms with E-state index in [9.17, 15) is 4.79 Å². The van der Waals surface area contributed by atoms with Crippen LogP contribution in [0.15, 0.2) is 0 Å². The van der Waals surface area contributed by atoms with E-state index >= 15 is 0 Å². The Kier molecular flexibility index (Phi) is 2.69. The summed E-state index contributed by atoms with van der Waals surface area (Å²) in [6.45, 7) is 8.09. The molecule has 2 heteroatoms. The quantitative estimate of drug-likeness (QED) is 0.643. The third-order valence-electron chi connectivity index (χ3n) is 2.88. The van der Waals surface area contributed by atoms with E-state index in [1.165, 1.54) is 12.8 Å². The number of rotatable bonds is 2. The van der Waals surface area contributed by atoms with Crippen LogP contribution in [0.25, 0.3) is 0 Å². The van der Waals surface area contributed by atoms with Crippen LogP contribution in [0.5, 0.6) is 0 Å². The summed E-state index contributed by atoms with van der Waals surface area (Å²) in [7, 11) is 1.93. The van der Waals surface area contributed by atoms with Gasteiger partial charge in [-0.25, -0.2) is 0 Å². The molecule has 76 valence electrons. The van der Waals surface area contributed by atoms with Gasteiger partial charge in [-0.2, -0.15) is 0 Å². The molecule has 0 saturated heterocycles. The molecule has 0 N–H and O–H groups in total. The molecule has 1 amide bonds. The van der Waals surface area contributed by atoms with Gasteiger partial charge in [0.05, 0.1) is 0 Å². The number of hydrogen-bond acceptors (Lipinski definition) is 1. The summed E-state index contributed by atoms with van der Waals surface area (Å²) in [6.07, 6.45) is 2.59. The van der Waals surface area contributed by atoms with Gasteiger partial charge in [-0.1, -0.05) is 20.8 Å². The number of amides is 1. The van der Waals surface area contributed by atoms with E-state index in [1.807, 2.05) is 32.7 Å². The molecule has 1 rings (SSSR count). The fourth-order valence-corrected chi connectivity index (χ4v) is 1.61. The van der Waals surface area contributed by atoms with E-state index in [-0.39, 0.29) is 11.3 Å². The van der Waals surface area contributed by atoms with Crippen molar-refractivity contribution in [2.75, 3.05) is 7.05 Å². The molecule has 1 aliphatic carbocycles. The SMILES string of the molecule is CC(C1CC1)N(C)C(=O)C(C)(C)C. The molecular weight excluding hydrogens is 162 g/mol. The highest BCUT2D eigenvalue weighted by Gasteiger charge is 2.35. The average Bonchev–Trinajstić information content (AvgIpc) is 2.81. The third-order valence-corrected chi connectivity index (χ3v) is 2.88. The van der Waals surface area contributed by atoms with Crippen molar-refractivity contribution in [1.82, 2.24) is 4.90 Å². The Bertz CT molecular complexity index is 201. The van der Waals surface area contributed by atoms with Crippen LogP contribution in [0.3, 0.4) is 0 Å². The number of nitrogens with zero attached hydrogens (tertiary/aromatic N) is 1. The minimum atomic E-state index is -0.238. The monoisotopic (exact) mass is 183 g/mol. The van der Waals surface area contributed by atoms with Crippen molar-refractivity contribution in [2.45, 2.75) is 46.6 Å². The molecule has 13 heavy (non-hydrogen) atoms. The molecule has 0 aliphatic heterocycles. The van der Waals surface area contributed by atoms with Gasteiger partial charge in [0.1, 0.15) is 0 Å². The Morgan fingerprint density at radius 2 is 1.85 bits per heavy atom. The van der Waals surface area contributed by atoms with E-state index in [1.54, 1.807) is 0 Å². The lowest BCUT2D eigenvalue weighted by Gasteiger charge is -2.31. The van der Waals surface area contributed by atoms with Gasteiger partial charge < -0.3 is 4.90 Å². The molecule has 2 nitrogen and oxygen atoms in total. The van der Waals surface area contributed by atoms with Gasteiger partial charge in [-0.05, 0) is 25.7 Å². The fraction of sp³-hybridized carbons (Fsp3) is 0.909. The maximum absolute atomic E-state index is 11.9. The first-order chi connectivity index (χ1) is 5.84. The predicted molar refractivity (Wildman–Crippen MR) is 54.4 cm³/mol. The van der Waals surface area contributed by atoms with Crippen LogP contribution in [-0.2, 0) is 4.79 Å². The van der Waals surface area contributed by atoms with Crippen LogP contribution in [0.1, 0.15) is 40.5 Å². The van der Waals surface area contributed by atoms with Crippen LogP contribution >= 0.6 is 0 Å². The van der Waals surface area contributed by atoms with Gasteiger partial charge in [0.25, 0.3) is 0 Å². The molecule has 1 atom stereocenters. The third kappa shape index (κ3) is 2.45. The Morgan fingerprint density at radius 3 is 2.15 bits per heavy atom. The lowest BCUT2D eigenvalue weighted by molar-refractivity contribution is -0.140. The minimum absolute atomic E-state index is 0.238. The molecule has 0 aromatic carbocycles. The van der Waals surface area contributed by atoms with Crippen LogP contribution in [0.2, 0.25) is 0 Å². The molecule has 0 heterocycles. The summed E-state index contributed by atoms with van der Waals surface area (Å²) in [4.78, 5) is 13.8. The highest BCUT2D eigenvalue weighted by Crippen LogP contribution is 2.35. The smallest absolute Gasteiger partial charge is 0.227 e. The average molecular weight is 183 g/mol. The molecule has 0 radical (unpaired) electrons. The van der Waals surface area contributed by atoms with Gasteiger partial charge in [0.15, 0.2) is 0 Å². The lowest BCUT2D eigenvalue weighted by atomic mass is 9.94. The van der Waals surface area contributed by atoms with Crippen molar-refractivity contribution < 1.29 is 4.79 Å². The zero-order chi connectivity index (χ0) is 10.2. The lowest BCUT2D eigenvalue weighted by Crippen LogP contribution is -2.42. The predicted octanol–water partition coefficient (Wildman–Crippen LogP) is 2.29. The Hall–Kier alpha value is -0.530. The fourth-order valence-electron chi connectivity index (χ4n) is 1.61. The van der Waals surface area contributed by atoms with E-state index in [4.69, 9.17) is 0 Å². The van der Waals surface area contributed by atoms with Crippen LogP contribution < -0.4 is 0 Å². The number of carbonyl (C=O) groups excluding carboxylic acids is 1. The van der Waals surface area contributed by atoms with Crippen molar-refractivity contribution in [2.24, 2.45) is 11.3 Å². The van der Waals surface area contributed by atoms with Gasteiger partial charge in [0, 0.05) is 18.5 Å². The molecule has 0 spiro atoms. The second-order valence-corrected chi connectivity index (χ2v) is 5.24. The molecular formula is C11H21NO. The zero-order valence-electron chi connectivity index (χ0n) is 9.42. The van der Waals surface area contributed by atoms with Crippen LogP contribution in [-0.4, -0.2) is 23.9 Å². The zero-order valence-corrected chi connectivity index (χ0v) is 9.42. The second-order valence-electron chi connectivity index (χ2n) is 5.24. The molecule has 0 aromatic rings. The number of hydrogen-bond donors (Lipinski definition) is 0. The van der Waals surface area contributed by atoms with Crippen molar-refractivity contribution in [1.29, 1.82) is 0 Å². The molecule has 1 unspecified atom stereocenters. The van der Waals surface area contributed by atoms with E-state index < -0.39 is 0 Å². The first-order valence-corrected chi connectivity index (χ1v) is 5.11. The van der Waals surface area contributed by atoms with Crippen molar-refractivity contribution in [3.8, 4) is 0 Å². The van der Waals surface area contributed by atoms with E-state index in [0.29, 0.717) is 6.04 Å². The Labute approximate surface area is 81.3 Å². The van der Waals surface area contributed by atoms with Gasteiger partial charge in [-0.3, -0.25) is 4.79 Å². The molecule has 1 fully saturated rings. The Morgan fingerprint density at radius 1 is 1.38 bits per heavy atom. The molecule has 1 aliphatic rings. The highest BCUT2D eigenvalue weighted by atomic mass is 16.2. The Balaban J connectivity index is 2.55. The summed E-state index contributed by atoms with van der Waals surface area (Å²) in [5, 5.41) is 0. The maximum Gasteiger partial charge on any atom is 0.227 e. The largest absolute Gasteiger partial charge is 0.342 e. The van der Waals surface area contributed by atoms with Gasteiger partial charge in [0.2, 0.25) is 5.91 Å². The number of carbonyl (C=O) groups is 1. The highest BCUT2D eigenvalue weighted by molar-refractivity contribution is 5.81. The van der Waals surface area contributed by atoms with Crippen LogP contribution in [0, 0.1) is 11.3 Å². The van der Waals surface area contributed by atoms with Gasteiger partial charge in [-0.15, -0.1) is 0 Å². The molecule has 0 aromatic heterocycles. The summed E-state index contributed by atoms with van der Waals surface area (Å²) >= 11 is 0. The summed E-state index contributed by atoms with van der Waals surface area (Å²) in [5.74, 6) is 1.02. The van der Waals surface area contributed by atoms with Gasteiger partial charge >= 0.3 is 0 Å². The van der Waals surface area contributed by atoms with Crippen molar-refractivity contribution in [3.05, 3.63) is 0 Å². The van der Waals surface area contributed by atoms with E-state index in [0.717, 1.165) is 5.92 Å². The van der Waals surface area contributed by atoms with Crippen LogP contribution in [0.4, 0.5) is 0 Å². The van der Waals surface area contributed by atoms with Crippen molar-refractivity contribution >= 4 is 5.91 Å². The first kappa shape index (κ1) is 10.6. The molecule has 0 bridgehead atoms. The normalized spacial score (nSPS) is 19.8. The summed E-state index contributed by atoms with van der Waals surface area (Å²) in [6, 6.07) is 0.423. The standard InChI is InChI=1S/C11H21NO/c1-8(9-6-7-9)12(5)10(13)11(2,3)4/h8-9H,6-7H2,1-5H3. The van der Waals surface area contributed by atoms with E-state index in [2.05, 4.69) is 6.92 Å². The van der Waals surface area contributed by atoms with Crippen molar-refractivity contribution in [3.63, 3.8) is 0 Å².